The van der Waals surface area contributed by atoms with Gasteiger partial charge in [-0.05, 0) is 29.2 Å². The third kappa shape index (κ3) is 4.38. The van der Waals surface area contributed by atoms with Gasteiger partial charge in [0.05, 0.1) is 15.1 Å². The Labute approximate surface area is 140 Å². The first-order valence-corrected chi connectivity index (χ1v) is 7.73. The normalized spacial score (nSPS) is 11.0. The van der Waals surface area contributed by atoms with E-state index in [9.17, 15) is 4.79 Å². The Morgan fingerprint density at radius 2 is 1.95 bits per heavy atom. The molecular weight excluding hydrogens is 355 g/mol. The second-order valence-corrected chi connectivity index (χ2v) is 6.18. The van der Waals surface area contributed by atoms with Gasteiger partial charge < -0.3 is 9.84 Å². The molecule has 0 radical (unpaired) electrons. The summed E-state index contributed by atoms with van der Waals surface area (Å²) in [6.45, 7) is 0.259. The van der Waals surface area contributed by atoms with Gasteiger partial charge in [0.2, 0.25) is 0 Å². The maximum Gasteiger partial charge on any atom is 0.328 e. The van der Waals surface area contributed by atoms with Crippen LogP contribution in [0.4, 0.5) is 0 Å². The molecular formula is C14H9Cl3O3S. The lowest BCUT2D eigenvalue weighted by molar-refractivity contribution is -0.131. The molecule has 0 amide bonds. The van der Waals surface area contributed by atoms with Gasteiger partial charge >= 0.3 is 5.97 Å². The van der Waals surface area contributed by atoms with Gasteiger partial charge in [-0.15, -0.1) is 11.3 Å². The summed E-state index contributed by atoms with van der Waals surface area (Å²) < 4.78 is 5.62. The molecule has 3 nitrogen and oxygen atoms in total. The van der Waals surface area contributed by atoms with Crippen LogP contribution in [0.1, 0.15) is 10.4 Å². The molecule has 2 rings (SSSR count). The zero-order valence-corrected chi connectivity index (χ0v) is 13.6. The fourth-order valence-electron chi connectivity index (χ4n) is 1.54. The molecule has 1 aromatic carbocycles. The van der Waals surface area contributed by atoms with Gasteiger partial charge in [-0.1, -0.05) is 34.8 Å². The Morgan fingerprint density at radius 1 is 1.24 bits per heavy atom. The molecule has 0 aliphatic carbocycles. The summed E-state index contributed by atoms with van der Waals surface area (Å²) in [6.07, 6.45) is 2.60. The average molecular weight is 364 g/mol. The van der Waals surface area contributed by atoms with Gasteiger partial charge in [-0.2, -0.15) is 0 Å². The molecule has 0 spiro atoms. The molecule has 1 N–H and O–H groups in total. The van der Waals surface area contributed by atoms with Crippen molar-refractivity contribution in [2.45, 2.75) is 6.61 Å². The molecule has 1 aromatic heterocycles. The molecule has 0 unspecified atom stereocenters. The van der Waals surface area contributed by atoms with Crippen LogP contribution in [0.5, 0.6) is 5.75 Å². The minimum absolute atomic E-state index is 0.259. The number of thiophene rings is 1. The van der Waals surface area contributed by atoms with E-state index in [1.54, 1.807) is 6.07 Å². The van der Waals surface area contributed by atoms with Gasteiger partial charge in [-0.3, -0.25) is 0 Å². The molecule has 0 fully saturated rings. The molecule has 7 heteroatoms. The van der Waals surface area contributed by atoms with Crippen molar-refractivity contribution in [3.05, 3.63) is 55.2 Å². The Hall–Kier alpha value is -1.20. The fraction of sp³-hybridized carbons (Fsp3) is 0.0714. The highest BCUT2D eigenvalue weighted by Crippen LogP contribution is 2.34. The second kappa shape index (κ2) is 7.18. The molecule has 0 atom stereocenters. The van der Waals surface area contributed by atoms with Gasteiger partial charge in [0, 0.05) is 17.0 Å². The Balaban J connectivity index is 2.12. The van der Waals surface area contributed by atoms with Gasteiger partial charge in [0.15, 0.2) is 0 Å². The third-order valence-corrected chi connectivity index (χ3v) is 4.45. The highest BCUT2D eigenvalue weighted by Gasteiger charge is 2.09. The predicted octanol–water partition coefficient (Wildman–Crippen LogP) is 5.39. The number of hydrogen-bond donors (Lipinski definition) is 1. The predicted molar refractivity (Wildman–Crippen MR) is 86.8 cm³/mol. The molecule has 2 aromatic rings. The van der Waals surface area contributed by atoms with Crippen LogP contribution in [-0.4, -0.2) is 11.1 Å². The zero-order chi connectivity index (χ0) is 15.4. The third-order valence-electron chi connectivity index (χ3n) is 2.52. The van der Waals surface area contributed by atoms with E-state index in [-0.39, 0.29) is 6.61 Å². The highest BCUT2D eigenvalue weighted by molar-refractivity contribution is 7.10. The molecule has 0 aliphatic rings. The Bertz CT molecular complexity index is 695. The molecule has 0 saturated heterocycles. The van der Waals surface area contributed by atoms with E-state index in [0.717, 1.165) is 16.5 Å². The van der Waals surface area contributed by atoms with E-state index in [2.05, 4.69) is 0 Å². The average Bonchev–Trinajstić information content (AvgIpc) is 2.86. The van der Waals surface area contributed by atoms with Crippen molar-refractivity contribution in [1.82, 2.24) is 0 Å². The monoisotopic (exact) mass is 362 g/mol. The highest BCUT2D eigenvalue weighted by atomic mass is 35.5. The standard InChI is InChI=1S/C14H9Cl3O3S/c15-9-5-11(17)12(6-10(9)16)20-7-13-8(3-4-21-13)1-2-14(18)19/h1-6H,7H2,(H,18,19). The topological polar surface area (TPSA) is 46.5 Å². The van der Waals surface area contributed by atoms with Crippen LogP contribution in [0.2, 0.25) is 15.1 Å². The number of carbonyl (C=O) groups is 1. The second-order valence-electron chi connectivity index (χ2n) is 3.96. The number of aliphatic carboxylic acids is 1. The summed E-state index contributed by atoms with van der Waals surface area (Å²) in [7, 11) is 0. The van der Waals surface area contributed by atoms with E-state index >= 15 is 0 Å². The van der Waals surface area contributed by atoms with Crippen LogP contribution in [0, 0.1) is 0 Å². The smallest absolute Gasteiger partial charge is 0.328 e. The van der Waals surface area contributed by atoms with E-state index in [4.69, 9.17) is 44.6 Å². The molecule has 110 valence electrons. The van der Waals surface area contributed by atoms with Crippen molar-refractivity contribution in [2.24, 2.45) is 0 Å². The summed E-state index contributed by atoms with van der Waals surface area (Å²) in [5.74, 6) is -0.576. The fourth-order valence-corrected chi connectivity index (χ4v) is 2.91. The van der Waals surface area contributed by atoms with Crippen molar-refractivity contribution in [3.8, 4) is 5.75 Å². The number of benzene rings is 1. The Morgan fingerprint density at radius 3 is 2.67 bits per heavy atom. The minimum Gasteiger partial charge on any atom is -0.486 e. The van der Waals surface area contributed by atoms with Crippen molar-refractivity contribution in [2.75, 3.05) is 0 Å². The summed E-state index contributed by atoms with van der Waals surface area (Å²) >= 11 is 19.3. The quantitative estimate of drug-likeness (QED) is 0.572. The van der Waals surface area contributed by atoms with Crippen LogP contribution in [0.15, 0.2) is 29.7 Å². The molecule has 1 heterocycles. The lowest BCUT2D eigenvalue weighted by Crippen LogP contribution is -1.96. The first-order valence-electron chi connectivity index (χ1n) is 5.72. The number of halogens is 3. The number of rotatable bonds is 5. The van der Waals surface area contributed by atoms with E-state index in [1.807, 2.05) is 11.4 Å². The maximum absolute atomic E-state index is 10.5. The first kappa shape index (κ1) is 16.2. The largest absolute Gasteiger partial charge is 0.486 e. The summed E-state index contributed by atoms with van der Waals surface area (Å²) in [5.41, 5.74) is 0.790. The summed E-state index contributed by atoms with van der Waals surface area (Å²) in [6, 6.07) is 4.88. The summed E-state index contributed by atoms with van der Waals surface area (Å²) in [4.78, 5) is 11.4. The van der Waals surface area contributed by atoms with Crippen LogP contribution in [0.25, 0.3) is 6.08 Å². The van der Waals surface area contributed by atoms with Crippen molar-refractivity contribution < 1.29 is 14.6 Å². The summed E-state index contributed by atoms with van der Waals surface area (Å²) in [5, 5.41) is 11.6. The number of carboxylic acids is 1. The molecule has 0 aliphatic heterocycles. The maximum atomic E-state index is 10.5. The van der Waals surface area contributed by atoms with E-state index in [1.165, 1.54) is 23.5 Å². The van der Waals surface area contributed by atoms with Gasteiger partial charge in [-0.25, -0.2) is 4.79 Å². The van der Waals surface area contributed by atoms with Crippen LogP contribution in [-0.2, 0) is 11.4 Å². The van der Waals surface area contributed by atoms with Gasteiger partial charge in [0.25, 0.3) is 0 Å². The molecule has 0 saturated carbocycles. The SMILES string of the molecule is O=C(O)C=Cc1ccsc1COc1cc(Cl)c(Cl)cc1Cl. The van der Waals surface area contributed by atoms with Crippen molar-refractivity contribution >= 4 is 58.2 Å². The van der Waals surface area contributed by atoms with Crippen LogP contribution < -0.4 is 4.74 Å². The van der Waals surface area contributed by atoms with Crippen molar-refractivity contribution in [1.29, 1.82) is 0 Å². The zero-order valence-electron chi connectivity index (χ0n) is 10.5. The first-order chi connectivity index (χ1) is 9.97. The lowest BCUT2D eigenvalue weighted by atomic mass is 10.2. The lowest BCUT2D eigenvalue weighted by Gasteiger charge is -2.09. The number of carboxylic acid groups (broad SMARTS) is 1. The van der Waals surface area contributed by atoms with Crippen LogP contribution >= 0.6 is 46.1 Å². The number of ether oxygens (including phenoxy) is 1. The van der Waals surface area contributed by atoms with E-state index < -0.39 is 5.97 Å². The Kier molecular flexibility index (Phi) is 5.53. The van der Waals surface area contributed by atoms with E-state index in [0.29, 0.717) is 20.8 Å². The minimum atomic E-state index is -0.999. The van der Waals surface area contributed by atoms with Crippen molar-refractivity contribution in [3.63, 3.8) is 0 Å². The molecule has 0 bridgehead atoms. The molecule has 21 heavy (non-hydrogen) atoms. The van der Waals surface area contributed by atoms with Crippen LogP contribution in [0.3, 0.4) is 0 Å². The number of hydrogen-bond acceptors (Lipinski definition) is 3. The van der Waals surface area contributed by atoms with Gasteiger partial charge in [0.1, 0.15) is 12.4 Å².